The summed E-state index contributed by atoms with van der Waals surface area (Å²) in [4.78, 5) is 16.5. The van der Waals surface area contributed by atoms with Crippen molar-refractivity contribution in [3.8, 4) is 6.07 Å². The number of amides is 1. The van der Waals surface area contributed by atoms with Crippen molar-refractivity contribution in [2.24, 2.45) is 0 Å². The second kappa shape index (κ2) is 6.55. The fourth-order valence-corrected chi connectivity index (χ4v) is 3.30. The van der Waals surface area contributed by atoms with Crippen molar-refractivity contribution in [1.29, 1.82) is 5.26 Å². The summed E-state index contributed by atoms with van der Waals surface area (Å²) in [6.45, 7) is 5.34. The number of carbonyl (C=O) groups excluding carboxylic acids is 1. The minimum Gasteiger partial charge on any atom is -0.326 e. The van der Waals surface area contributed by atoms with Crippen molar-refractivity contribution in [3.63, 3.8) is 0 Å². The molecule has 1 atom stereocenters. The van der Waals surface area contributed by atoms with E-state index in [4.69, 9.17) is 0 Å². The maximum Gasteiger partial charge on any atom is 0.237 e. The summed E-state index contributed by atoms with van der Waals surface area (Å²) in [5.74, 6) is 0.0854. The Bertz CT molecular complexity index is 384. The molecule has 1 saturated heterocycles. The lowest BCUT2D eigenvalue weighted by molar-refractivity contribution is -0.136. The van der Waals surface area contributed by atoms with Crippen LogP contribution in [0.4, 0.5) is 0 Å². The number of carbonyl (C=O) groups is 1. The number of hydrogen-bond acceptors (Lipinski definition) is 4. The second-order valence-electron chi connectivity index (χ2n) is 6.18. The van der Waals surface area contributed by atoms with Gasteiger partial charge in [-0.15, -0.1) is 0 Å². The molecule has 5 nitrogen and oxygen atoms in total. The highest BCUT2D eigenvalue weighted by Gasteiger charge is 2.39. The van der Waals surface area contributed by atoms with Gasteiger partial charge in [0, 0.05) is 32.7 Å². The van der Waals surface area contributed by atoms with E-state index in [1.54, 1.807) is 4.90 Å². The molecule has 1 amide bonds. The molecular weight excluding hydrogens is 252 g/mol. The van der Waals surface area contributed by atoms with Crippen LogP contribution in [0.3, 0.4) is 0 Å². The molecule has 0 unspecified atom stereocenters. The predicted molar refractivity (Wildman–Crippen MR) is 78.1 cm³/mol. The lowest BCUT2D eigenvalue weighted by atomic mass is 9.81. The first-order valence-corrected chi connectivity index (χ1v) is 7.72. The Balaban J connectivity index is 1.98. The van der Waals surface area contributed by atoms with Crippen molar-refractivity contribution in [2.75, 3.05) is 33.2 Å². The van der Waals surface area contributed by atoms with Gasteiger partial charge < -0.3 is 10.2 Å². The van der Waals surface area contributed by atoms with Crippen LogP contribution in [0.1, 0.15) is 39.0 Å². The van der Waals surface area contributed by atoms with Crippen LogP contribution in [-0.2, 0) is 4.79 Å². The molecule has 1 aliphatic heterocycles. The van der Waals surface area contributed by atoms with Crippen LogP contribution < -0.4 is 5.32 Å². The Morgan fingerprint density at radius 2 is 2.15 bits per heavy atom. The van der Waals surface area contributed by atoms with Crippen molar-refractivity contribution in [1.82, 2.24) is 15.1 Å². The summed E-state index contributed by atoms with van der Waals surface area (Å²) in [5.41, 5.74) is -0.563. The van der Waals surface area contributed by atoms with Gasteiger partial charge in [0.15, 0.2) is 0 Å². The van der Waals surface area contributed by atoms with Crippen LogP contribution in [0.25, 0.3) is 0 Å². The quantitative estimate of drug-likeness (QED) is 0.835. The fraction of sp³-hybridized carbons (Fsp3) is 0.867. The van der Waals surface area contributed by atoms with E-state index in [0.29, 0.717) is 12.6 Å². The van der Waals surface area contributed by atoms with Crippen LogP contribution in [0.5, 0.6) is 0 Å². The van der Waals surface area contributed by atoms with Crippen LogP contribution in [0, 0.1) is 11.3 Å². The van der Waals surface area contributed by atoms with E-state index in [-0.39, 0.29) is 5.91 Å². The molecule has 0 aromatic rings. The fourth-order valence-electron chi connectivity index (χ4n) is 3.30. The highest BCUT2D eigenvalue weighted by Crippen LogP contribution is 2.32. The molecule has 0 aromatic carbocycles. The third-order valence-corrected chi connectivity index (χ3v) is 4.88. The minimum atomic E-state index is -0.563. The Hall–Kier alpha value is -1.12. The minimum absolute atomic E-state index is 0.0854. The van der Waals surface area contributed by atoms with E-state index in [1.165, 1.54) is 6.42 Å². The van der Waals surface area contributed by atoms with Gasteiger partial charge in [0.25, 0.3) is 0 Å². The zero-order chi connectivity index (χ0) is 14.6. The van der Waals surface area contributed by atoms with Crippen LogP contribution in [0.15, 0.2) is 0 Å². The molecule has 2 rings (SSSR count). The number of piperazine rings is 1. The highest BCUT2D eigenvalue weighted by atomic mass is 16.2. The molecule has 1 saturated carbocycles. The van der Waals surface area contributed by atoms with E-state index in [0.717, 1.165) is 45.3 Å². The molecular formula is C15H26N4O. The average molecular weight is 278 g/mol. The van der Waals surface area contributed by atoms with Gasteiger partial charge in [0.05, 0.1) is 12.6 Å². The topological polar surface area (TPSA) is 59.4 Å². The van der Waals surface area contributed by atoms with E-state index >= 15 is 0 Å². The van der Waals surface area contributed by atoms with Crippen molar-refractivity contribution >= 4 is 5.91 Å². The summed E-state index contributed by atoms with van der Waals surface area (Å²) in [5, 5.41) is 12.9. The predicted octanol–water partition coefficient (Wildman–Crippen LogP) is 0.965. The summed E-state index contributed by atoms with van der Waals surface area (Å²) in [6, 6.07) is 2.80. The Morgan fingerprint density at radius 3 is 2.75 bits per heavy atom. The van der Waals surface area contributed by atoms with Gasteiger partial charge in [-0.2, -0.15) is 5.26 Å². The lowest BCUT2D eigenvalue weighted by Gasteiger charge is -2.41. The number of rotatable bonds is 3. The zero-order valence-electron chi connectivity index (χ0n) is 12.7. The van der Waals surface area contributed by atoms with Crippen LogP contribution in [0.2, 0.25) is 0 Å². The summed E-state index contributed by atoms with van der Waals surface area (Å²) in [6.07, 6.45) is 4.93. The molecule has 1 N–H and O–H groups in total. The average Bonchev–Trinajstić information content (AvgIpc) is 2.49. The van der Waals surface area contributed by atoms with Gasteiger partial charge in [-0.25, -0.2) is 0 Å². The molecule has 112 valence electrons. The van der Waals surface area contributed by atoms with E-state index in [2.05, 4.69) is 23.2 Å². The van der Waals surface area contributed by atoms with Gasteiger partial charge >= 0.3 is 0 Å². The molecule has 0 aromatic heterocycles. The number of nitrogens with one attached hydrogen (secondary N) is 1. The molecule has 0 radical (unpaired) electrons. The molecule has 0 bridgehead atoms. The number of likely N-dealkylation sites (N-methyl/N-ethyl adjacent to an activating group) is 1. The van der Waals surface area contributed by atoms with E-state index in [9.17, 15) is 10.1 Å². The molecule has 5 heteroatoms. The standard InChI is InChI=1S/C15H26N4O/c1-13-10-17-8-9-19(13)11-14(20)18(2)15(12-16)6-4-3-5-7-15/h13,17H,3-11H2,1-2H3/t13-/m1/s1. The van der Waals surface area contributed by atoms with Crippen LogP contribution >= 0.6 is 0 Å². The smallest absolute Gasteiger partial charge is 0.237 e. The van der Waals surface area contributed by atoms with Gasteiger partial charge in [-0.05, 0) is 19.8 Å². The lowest BCUT2D eigenvalue weighted by Crippen LogP contribution is -2.56. The van der Waals surface area contributed by atoms with Crippen molar-refractivity contribution in [2.45, 2.75) is 50.6 Å². The molecule has 2 aliphatic rings. The summed E-state index contributed by atoms with van der Waals surface area (Å²) < 4.78 is 0. The first kappa shape index (κ1) is 15.3. The number of nitrogens with zero attached hydrogens (tertiary/aromatic N) is 3. The van der Waals surface area contributed by atoms with E-state index < -0.39 is 5.54 Å². The molecule has 0 spiro atoms. The Labute approximate surface area is 121 Å². The molecule has 2 fully saturated rings. The normalized spacial score (nSPS) is 26.8. The first-order valence-electron chi connectivity index (χ1n) is 7.72. The number of nitriles is 1. The Kier molecular flexibility index (Phi) is 5.00. The van der Waals surface area contributed by atoms with Crippen LogP contribution in [-0.4, -0.2) is 60.5 Å². The van der Waals surface area contributed by atoms with Crippen molar-refractivity contribution < 1.29 is 4.79 Å². The third kappa shape index (κ3) is 3.13. The summed E-state index contributed by atoms with van der Waals surface area (Å²) >= 11 is 0. The molecule has 1 heterocycles. The van der Waals surface area contributed by atoms with Gasteiger partial charge in [0.1, 0.15) is 5.54 Å². The monoisotopic (exact) mass is 278 g/mol. The first-order chi connectivity index (χ1) is 9.59. The maximum absolute atomic E-state index is 12.5. The largest absolute Gasteiger partial charge is 0.326 e. The van der Waals surface area contributed by atoms with Gasteiger partial charge in [-0.3, -0.25) is 9.69 Å². The Morgan fingerprint density at radius 1 is 1.45 bits per heavy atom. The summed E-state index contributed by atoms with van der Waals surface area (Å²) in [7, 11) is 1.81. The molecule has 1 aliphatic carbocycles. The van der Waals surface area contributed by atoms with Gasteiger partial charge in [-0.1, -0.05) is 19.3 Å². The van der Waals surface area contributed by atoms with Crippen molar-refractivity contribution in [3.05, 3.63) is 0 Å². The molecule has 20 heavy (non-hydrogen) atoms. The second-order valence-corrected chi connectivity index (χ2v) is 6.18. The SMILES string of the molecule is C[C@@H]1CNCCN1CC(=O)N(C)C1(C#N)CCCCC1. The van der Waals surface area contributed by atoms with Gasteiger partial charge in [0.2, 0.25) is 5.91 Å². The van der Waals surface area contributed by atoms with E-state index in [1.807, 2.05) is 7.05 Å². The zero-order valence-corrected chi connectivity index (χ0v) is 12.7. The number of hydrogen-bond donors (Lipinski definition) is 1. The maximum atomic E-state index is 12.5. The third-order valence-electron chi connectivity index (χ3n) is 4.88. The highest BCUT2D eigenvalue weighted by molar-refractivity contribution is 5.79.